The standard InChI is InChI=1S/C11H12N2O2/c1-7-5-9-8(6-10(14)15-2)3-4-12-11(9)13-7/h3-5H,6H2,1-2H3,(H,12,13). The summed E-state index contributed by atoms with van der Waals surface area (Å²) in [5.41, 5.74) is 2.79. The highest BCUT2D eigenvalue weighted by Crippen LogP contribution is 2.18. The van der Waals surface area contributed by atoms with E-state index < -0.39 is 0 Å². The van der Waals surface area contributed by atoms with Crippen molar-refractivity contribution in [3.05, 3.63) is 29.6 Å². The maximum Gasteiger partial charge on any atom is 0.310 e. The molecule has 0 bridgehead atoms. The van der Waals surface area contributed by atoms with Crippen LogP contribution in [-0.4, -0.2) is 23.0 Å². The Hall–Kier alpha value is -1.84. The molecule has 4 nitrogen and oxygen atoms in total. The molecular weight excluding hydrogens is 192 g/mol. The number of hydrogen-bond donors (Lipinski definition) is 1. The molecule has 0 aliphatic heterocycles. The van der Waals surface area contributed by atoms with Crippen LogP contribution in [-0.2, 0) is 16.0 Å². The lowest BCUT2D eigenvalue weighted by molar-refractivity contribution is -0.139. The van der Waals surface area contributed by atoms with E-state index in [9.17, 15) is 4.79 Å². The number of nitrogens with one attached hydrogen (secondary N) is 1. The summed E-state index contributed by atoms with van der Waals surface area (Å²) in [7, 11) is 1.39. The Morgan fingerprint density at radius 2 is 2.40 bits per heavy atom. The molecule has 0 saturated carbocycles. The van der Waals surface area contributed by atoms with E-state index >= 15 is 0 Å². The highest BCUT2D eigenvalue weighted by Gasteiger charge is 2.08. The molecule has 78 valence electrons. The molecule has 0 radical (unpaired) electrons. The Kier molecular flexibility index (Phi) is 2.41. The van der Waals surface area contributed by atoms with Gasteiger partial charge in [-0.2, -0.15) is 0 Å². The SMILES string of the molecule is COC(=O)Cc1ccnc2[nH]c(C)cc12. The van der Waals surface area contributed by atoms with Crippen LogP contribution in [0.4, 0.5) is 0 Å². The zero-order chi connectivity index (χ0) is 10.8. The number of esters is 1. The minimum Gasteiger partial charge on any atom is -0.469 e. The molecule has 2 rings (SSSR count). The Morgan fingerprint density at radius 3 is 3.13 bits per heavy atom. The van der Waals surface area contributed by atoms with Gasteiger partial charge in [-0.05, 0) is 24.6 Å². The quantitative estimate of drug-likeness (QED) is 0.756. The van der Waals surface area contributed by atoms with Crippen molar-refractivity contribution in [1.82, 2.24) is 9.97 Å². The summed E-state index contributed by atoms with van der Waals surface area (Å²) in [5, 5.41) is 0.986. The van der Waals surface area contributed by atoms with E-state index in [4.69, 9.17) is 0 Å². The molecule has 2 heterocycles. The Labute approximate surface area is 87.3 Å². The van der Waals surface area contributed by atoms with Gasteiger partial charge in [0.05, 0.1) is 13.5 Å². The van der Waals surface area contributed by atoms with Crippen LogP contribution in [0.1, 0.15) is 11.3 Å². The average molecular weight is 204 g/mol. The fourth-order valence-electron chi connectivity index (χ4n) is 1.60. The largest absolute Gasteiger partial charge is 0.469 e. The second-order valence-electron chi connectivity index (χ2n) is 3.44. The number of methoxy groups -OCH3 is 1. The molecule has 0 aliphatic rings. The van der Waals surface area contributed by atoms with Gasteiger partial charge < -0.3 is 9.72 Å². The number of aromatic nitrogens is 2. The number of rotatable bonds is 2. The summed E-state index contributed by atoms with van der Waals surface area (Å²) in [4.78, 5) is 18.5. The molecular formula is C11H12N2O2. The number of nitrogens with zero attached hydrogens (tertiary/aromatic N) is 1. The minimum atomic E-state index is -0.235. The van der Waals surface area contributed by atoms with Crippen molar-refractivity contribution in [2.45, 2.75) is 13.3 Å². The third-order valence-electron chi connectivity index (χ3n) is 2.32. The first-order valence-corrected chi connectivity index (χ1v) is 4.70. The third kappa shape index (κ3) is 1.83. The summed E-state index contributed by atoms with van der Waals surface area (Å²) >= 11 is 0. The molecule has 0 fully saturated rings. The lowest BCUT2D eigenvalue weighted by atomic mass is 10.1. The molecule has 1 N–H and O–H groups in total. The number of ether oxygens (including phenoxy) is 1. The van der Waals surface area contributed by atoms with Crippen LogP contribution in [0, 0.1) is 6.92 Å². The first-order valence-electron chi connectivity index (χ1n) is 4.70. The van der Waals surface area contributed by atoms with Crippen LogP contribution in [0.3, 0.4) is 0 Å². The number of pyridine rings is 1. The van der Waals surface area contributed by atoms with Crippen LogP contribution in [0.25, 0.3) is 11.0 Å². The van der Waals surface area contributed by atoms with E-state index in [0.717, 1.165) is 22.3 Å². The first kappa shape index (κ1) is 9.71. The zero-order valence-corrected chi connectivity index (χ0v) is 8.70. The number of hydrogen-bond acceptors (Lipinski definition) is 3. The highest BCUT2D eigenvalue weighted by atomic mass is 16.5. The van der Waals surface area contributed by atoms with E-state index in [2.05, 4.69) is 14.7 Å². The van der Waals surface area contributed by atoms with Crippen molar-refractivity contribution >= 4 is 17.0 Å². The summed E-state index contributed by atoms with van der Waals surface area (Å²) < 4.78 is 4.64. The molecule has 4 heteroatoms. The maximum atomic E-state index is 11.2. The number of aromatic amines is 1. The van der Waals surface area contributed by atoms with Crippen LogP contribution < -0.4 is 0 Å². The number of fused-ring (bicyclic) bond motifs is 1. The Balaban J connectivity index is 2.46. The van der Waals surface area contributed by atoms with E-state index in [0.29, 0.717) is 0 Å². The van der Waals surface area contributed by atoms with Crippen molar-refractivity contribution in [1.29, 1.82) is 0 Å². The van der Waals surface area contributed by atoms with Crippen molar-refractivity contribution in [2.75, 3.05) is 7.11 Å². The molecule has 15 heavy (non-hydrogen) atoms. The van der Waals surface area contributed by atoms with Gasteiger partial charge in [0, 0.05) is 17.3 Å². The normalized spacial score (nSPS) is 10.5. The second kappa shape index (κ2) is 3.73. The number of H-pyrrole nitrogens is 1. The summed E-state index contributed by atoms with van der Waals surface area (Å²) in [6.45, 7) is 1.96. The molecule has 0 unspecified atom stereocenters. The molecule has 0 amide bonds. The van der Waals surface area contributed by atoms with E-state index in [1.54, 1.807) is 6.20 Å². The smallest absolute Gasteiger partial charge is 0.310 e. The van der Waals surface area contributed by atoms with E-state index in [1.807, 2.05) is 19.1 Å². The van der Waals surface area contributed by atoms with Crippen molar-refractivity contribution in [3.8, 4) is 0 Å². The van der Waals surface area contributed by atoms with Gasteiger partial charge in [0.15, 0.2) is 0 Å². The predicted molar refractivity (Wildman–Crippen MR) is 56.6 cm³/mol. The fraction of sp³-hybridized carbons (Fsp3) is 0.273. The molecule has 0 aromatic carbocycles. The number of aryl methyl sites for hydroxylation is 1. The van der Waals surface area contributed by atoms with Gasteiger partial charge >= 0.3 is 5.97 Å². The fourth-order valence-corrected chi connectivity index (χ4v) is 1.60. The van der Waals surface area contributed by atoms with Gasteiger partial charge in [0.25, 0.3) is 0 Å². The van der Waals surface area contributed by atoms with E-state index in [1.165, 1.54) is 7.11 Å². The number of carbonyl (C=O) groups is 1. The molecule has 0 spiro atoms. The Bertz CT molecular complexity index is 502. The monoisotopic (exact) mass is 204 g/mol. The van der Waals surface area contributed by atoms with Crippen LogP contribution in [0.2, 0.25) is 0 Å². The molecule has 0 saturated heterocycles. The van der Waals surface area contributed by atoms with Gasteiger partial charge in [-0.25, -0.2) is 4.98 Å². The number of carbonyl (C=O) groups excluding carboxylic acids is 1. The predicted octanol–water partition coefficient (Wildman–Crippen LogP) is 1.59. The average Bonchev–Trinajstić information content (AvgIpc) is 2.59. The van der Waals surface area contributed by atoms with Gasteiger partial charge in [-0.15, -0.1) is 0 Å². The first-order chi connectivity index (χ1) is 7.20. The topological polar surface area (TPSA) is 55.0 Å². The summed E-state index contributed by atoms with van der Waals surface area (Å²) in [6.07, 6.45) is 1.98. The summed E-state index contributed by atoms with van der Waals surface area (Å²) in [6, 6.07) is 3.83. The third-order valence-corrected chi connectivity index (χ3v) is 2.32. The highest BCUT2D eigenvalue weighted by molar-refractivity contribution is 5.85. The molecule has 2 aromatic heterocycles. The molecule has 2 aromatic rings. The van der Waals surface area contributed by atoms with Crippen LogP contribution >= 0.6 is 0 Å². The van der Waals surface area contributed by atoms with E-state index in [-0.39, 0.29) is 12.4 Å². The van der Waals surface area contributed by atoms with Crippen molar-refractivity contribution < 1.29 is 9.53 Å². The van der Waals surface area contributed by atoms with Gasteiger partial charge in [0.1, 0.15) is 5.65 Å². The van der Waals surface area contributed by atoms with Crippen LogP contribution in [0.15, 0.2) is 18.3 Å². The second-order valence-corrected chi connectivity index (χ2v) is 3.44. The van der Waals surface area contributed by atoms with Gasteiger partial charge in [-0.1, -0.05) is 0 Å². The molecule has 0 aliphatic carbocycles. The molecule has 0 atom stereocenters. The lowest BCUT2D eigenvalue weighted by Gasteiger charge is -2.00. The van der Waals surface area contributed by atoms with Crippen LogP contribution in [0.5, 0.6) is 0 Å². The minimum absolute atomic E-state index is 0.235. The lowest BCUT2D eigenvalue weighted by Crippen LogP contribution is -2.04. The zero-order valence-electron chi connectivity index (χ0n) is 8.70. The van der Waals surface area contributed by atoms with Crippen molar-refractivity contribution in [2.24, 2.45) is 0 Å². The van der Waals surface area contributed by atoms with Gasteiger partial charge in [-0.3, -0.25) is 4.79 Å². The Morgan fingerprint density at radius 1 is 1.60 bits per heavy atom. The summed E-state index contributed by atoms with van der Waals surface area (Å²) in [5.74, 6) is -0.235. The maximum absolute atomic E-state index is 11.2. The van der Waals surface area contributed by atoms with Crippen molar-refractivity contribution in [3.63, 3.8) is 0 Å². The van der Waals surface area contributed by atoms with Gasteiger partial charge in [0.2, 0.25) is 0 Å².